The minimum atomic E-state index is -4.78. The Kier molecular flexibility index (Phi) is 9.81. The number of aromatic nitrogens is 1. The van der Waals surface area contributed by atoms with Gasteiger partial charge in [0.2, 0.25) is 11.8 Å². The van der Waals surface area contributed by atoms with E-state index in [9.17, 15) is 42.6 Å². The van der Waals surface area contributed by atoms with Gasteiger partial charge in [-0.1, -0.05) is 71.2 Å². The third-order valence-corrected chi connectivity index (χ3v) is 12.0. The van der Waals surface area contributed by atoms with Gasteiger partial charge in [0.15, 0.2) is 5.82 Å². The molecular weight excluding hydrogens is 804 g/mol. The second kappa shape index (κ2) is 14.6. The molecule has 3 fully saturated rings. The minimum Gasteiger partial charge on any atom is -0.491 e. The molecular formula is C41H31Cl2F3N4O8. The number of imide groups is 2. The lowest BCUT2D eigenvalue weighted by Gasteiger charge is -2.50. The molecule has 4 amide bonds. The highest BCUT2D eigenvalue weighted by Gasteiger charge is 2.70. The van der Waals surface area contributed by atoms with Crippen molar-refractivity contribution in [2.75, 3.05) is 23.5 Å². The van der Waals surface area contributed by atoms with E-state index >= 15 is 4.79 Å². The Morgan fingerprint density at radius 1 is 0.948 bits per heavy atom. The lowest BCUT2D eigenvalue weighted by atomic mass is 9.49. The Balaban J connectivity index is 1.31. The molecule has 0 bridgehead atoms. The highest BCUT2D eigenvalue weighted by Crippen LogP contribution is 2.65. The van der Waals surface area contributed by atoms with Gasteiger partial charge in [-0.3, -0.25) is 29.5 Å². The Morgan fingerprint density at radius 2 is 1.69 bits per heavy atom. The number of fused-ring (bicyclic) bond motifs is 4. The highest BCUT2D eigenvalue weighted by molar-refractivity contribution is 6.33. The molecule has 2 aliphatic heterocycles. The number of carboxylic acids is 1. The summed E-state index contributed by atoms with van der Waals surface area (Å²) in [5.74, 6) is -9.27. The number of ether oxygens (including phenoxy) is 1. The Bertz CT molecular complexity index is 2430. The summed E-state index contributed by atoms with van der Waals surface area (Å²) in [4.78, 5) is 75.7. The fraction of sp³-hybridized carbons (Fsp3) is 0.268. The molecule has 3 aromatic carbocycles. The quantitative estimate of drug-likeness (QED) is 0.123. The van der Waals surface area contributed by atoms with Crippen molar-refractivity contribution in [2.24, 2.45) is 23.7 Å². The summed E-state index contributed by atoms with van der Waals surface area (Å²) in [6, 6.07) is 19.1. The fourth-order valence-corrected chi connectivity index (χ4v) is 9.50. The van der Waals surface area contributed by atoms with Crippen molar-refractivity contribution in [1.82, 2.24) is 9.99 Å². The Hall–Kier alpha value is -5.77. The molecule has 12 nitrogen and oxygen atoms in total. The minimum absolute atomic E-state index is 0.0584. The number of benzene rings is 3. The van der Waals surface area contributed by atoms with Gasteiger partial charge in [-0.25, -0.2) is 9.78 Å². The summed E-state index contributed by atoms with van der Waals surface area (Å²) in [6.45, 7) is -0.491. The number of hydrazine groups is 1. The van der Waals surface area contributed by atoms with Crippen LogP contribution in [0, 0.1) is 23.7 Å². The van der Waals surface area contributed by atoms with Crippen molar-refractivity contribution in [3.05, 3.63) is 129 Å². The average molecular weight is 836 g/mol. The molecule has 1 saturated carbocycles. The largest absolute Gasteiger partial charge is 0.491 e. The molecule has 4 aliphatic rings. The number of hydrogen-bond acceptors (Lipinski definition) is 9. The molecule has 298 valence electrons. The first-order valence-corrected chi connectivity index (χ1v) is 18.8. The Labute approximate surface area is 337 Å². The zero-order valence-corrected chi connectivity index (χ0v) is 31.5. The number of carbonyl (C=O) groups excluding carboxylic acids is 4. The number of hydrogen-bond donors (Lipinski definition) is 3. The zero-order valence-electron chi connectivity index (χ0n) is 30.0. The molecule has 17 heteroatoms. The first kappa shape index (κ1) is 39.1. The molecule has 8 rings (SSSR count). The fourth-order valence-electron chi connectivity index (χ4n) is 9.17. The molecule has 0 radical (unpaired) electrons. The number of aliphatic hydroxyl groups excluding tert-OH is 1. The number of anilines is 2. The summed E-state index contributed by atoms with van der Waals surface area (Å²) in [7, 11) is 0. The number of aromatic carboxylic acids is 1. The van der Waals surface area contributed by atoms with Gasteiger partial charge in [-0.2, -0.15) is 18.2 Å². The van der Waals surface area contributed by atoms with E-state index in [0.717, 1.165) is 4.90 Å². The van der Waals surface area contributed by atoms with E-state index in [1.165, 1.54) is 24.3 Å². The summed E-state index contributed by atoms with van der Waals surface area (Å²) in [5.41, 5.74) is 0.879. The number of amides is 4. The summed E-state index contributed by atoms with van der Waals surface area (Å²) in [5, 5.41) is 19.9. The van der Waals surface area contributed by atoms with E-state index in [1.54, 1.807) is 54.6 Å². The number of rotatable bonds is 9. The summed E-state index contributed by atoms with van der Waals surface area (Å²) < 4.78 is 46.6. The van der Waals surface area contributed by atoms with E-state index in [1.807, 2.05) is 0 Å². The number of nitrogens with one attached hydrogen (secondary N) is 1. The molecule has 58 heavy (non-hydrogen) atoms. The number of halogens is 5. The predicted molar refractivity (Wildman–Crippen MR) is 202 cm³/mol. The number of pyridine rings is 1. The van der Waals surface area contributed by atoms with E-state index in [-0.39, 0.29) is 43.1 Å². The topological polar surface area (TPSA) is 166 Å². The van der Waals surface area contributed by atoms with Crippen LogP contribution in [0.1, 0.15) is 45.8 Å². The van der Waals surface area contributed by atoms with Crippen molar-refractivity contribution < 1.29 is 52.1 Å². The molecule has 0 spiro atoms. The number of alkyl halides is 3. The van der Waals surface area contributed by atoms with Crippen molar-refractivity contribution in [2.45, 2.75) is 30.4 Å². The van der Waals surface area contributed by atoms with Crippen LogP contribution in [0.2, 0.25) is 10.0 Å². The first-order valence-electron chi connectivity index (χ1n) is 18.1. The van der Waals surface area contributed by atoms with Crippen LogP contribution < -0.4 is 15.1 Å². The van der Waals surface area contributed by atoms with Crippen LogP contribution in [0.5, 0.6) is 5.75 Å². The Morgan fingerprint density at radius 3 is 2.38 bits per heavy atom. The normalized spacial score (nSPS) is 25.3. The van der Waals surface area contributed by atoms with Crippen LogP contribution in [-0.2, 0) is 30.8 Å². The lowest BCUT2D eigenvalue weighted by molar-refractivity contribution is -0.139. The standard InChI is InChI=1S/C41H31Cl2F3N4O8/c42-23-10-8-21(9-11-23)40-29(36(53)50(39(40)57)48-34-30(43)17-22(19-47-34)41(44,45)46)18-28-25(33(40)26-6-1-2-7-31(26)58-15-14-51)12-13-27-32(28)37(54)49(35(27)52)24-5-3-4-20(16-24)38(55)56/h1-12,16-17,19,27-29,32-33,51H,13-15,18H2,(H,47,48)(H,55,56). The summed E-state index contributed by atoms with van der Waals surface area (Å²) in [6.07, 6.45) is -2.54. The second-order valence-electron chi connectivity index (χ2n) is 14.4. The lowest BCUT2D eigenvalue weighted by Crippen LogP contribution is -2.53. The van der Waals surface area contributed by atoms with Crippen LogP contribution in [0.3, 0.4) is 0 Å². The van der Waals surface area contributed by atoms with E-state index in [4.69, 9.17) is 27.9 Å². The second-order valence-corrected chi connectivity index (χ2v) is 15.2. The summed E-state index contributed by atoms with van der Waals surface area (Å²) >= 11 is 12.6. The number of para-hydroxylation sites is 1. The van der Waals surface area contributed by atoms with Gasteiger partial charge in [0, 0.05) is 22.7 Å². The van der Waals surface area contributed by atoms with E-state index in [0.29, 0.717) is 39.0 Å². The molecule has 6 atom stereocenters. The molecule has 3 N–H and O–H groups in total. The van der Waals surface area contributed by atoms with Gasteiger partial charge in [0.1, 0.15) is 12.4 Å². The molecule has 6 unspecified atom stereocenters. The SMILES string of the molecule is O=C(O)c1cccc(N2C(=O)C3CC=C4C(CC5C(=O)N(Nc6ncc(C(F)(F)F)cc6Cl)C(=O)C5(c5ccc(Cl)cc5)C4c4ccccc4OCCO)C3C2=O)c1. The monoisotopic (exact) mass is 834 g/mol. The average Bonchev–Trinajstić information content (AvgIpc) is 3.58. The van der Waals surface area contributed by atoms with Crippen LogP contribution >= 0.6 is 23.2 Å². The predicted octanol–water partition coefficient (Wildman–Crippen LogP) is 6.67. The number of aliphatic hydroxyl groups is 1. The van der Waals surface area contributed by atoms with Crippen molar-refractivity contribution in [3.8, 4) is 5.75 Å². The number of nitrogens with zero attached hydrogens (tertiary/aromatic N) is 3. The van der Waals surface area contributed by atoms with Crippen molar-refractivity contribution in [3.63, 3.8) is 0 Å². The maximum absolute atomic E-state index is 15.4. The van der Waals surface area contributed by atoms with Crippen LogP contribution in [0.25, 0.3) is 0 Å². The molecule has 4 aromatic rings. The first-order chi connectivity index (χ1) is 27.7. The molecule has 3 heterocycles. The third kappa shape index (κ3) is 6.10. The molecule has 2 aliphatic carbocycles. The maximum Gasteiger partial charge on any atom is 0.417 e. The van der Waals surface area contributed by atoms with Crippen LogP contribution in [0.4, 0.5) is 24.7 Å². The van der Waals surface area contributed by atoms with E-state index < -0.39 is 87.2 Å². The molecule has 2 saturated heterocycles. The van der Waals surface area contributed by atoms with Crippen LogP contribution in [0.15, 0.2) is 96.7 Å². The van der Waals surface area contributed by atoms with Gasteiger partial charge < -0.3 is 14.9 Å². The highest BCUT2D eigenvalue weighted by atomic mass is 35.5. The number of allylic oxidation sites excluding steroid dienone is 2. The number of carbonyl (C=O) groups is 5. The third-order valence-electron chi connectivity index (χ3n) is 11.5. The van der Waals surface area contributed by atoms with Gasteiger partial charge in [-0.15, -0.1) is 0 Å². The van der Waals surface area contributed by atoms with Gasteiger partial charge in [0.05, 0.1) is 51.6 Å². The van der Waals surface area contributed by atoms with Gasteiger partial charge in [-0.05, 0) is 66.8 Å². The smallest absolute Gasteiger partial charge is 0.417 e. The number of carboxylic acid groups (broad SMARTS) is 1. The van der Waals surface area contributed by atoms with Crippen molar-refractivity contribution in [1.29, 1.82) is 0 Å². The van der Waals surface area contributed by atoms with Crippen molar-refractivity contribution >= 4 is 64.3 Å². The van der Waals surface area contributed by atoms with Gasteiger partial charge in [0.25, 0.3) is 11.8 Å². The van der Waals surface area contributed by atoms with Crippen LogP contribution in [-0.4, -0.2) is 63.0 Å². The molecule has 1 aromatic heterocycles. The van der Waals surface area contributed by atoms with E-state index in [2.05, 4.69) is 10.4 Å². The zero-order chi connectivity index (χ0) is 41.3. The van der Waals surface area contributed by atoms with Gasteiger partial charge >= 0.3 is 12.1 Å². The maximum atomic E-state index is 15.4.